The van der Waals surface area contributed by atoms with Crippen molar-refractivity contribution in [3.63, 3.8) is 0 Å². The molecule has 0 unspecified atom stereocenters. The van der Waals surface area contributed by atoms with Crippen molar-refractivity contribution in [3.05, 3.63) is 30.3 Å². The molecule has 6 heteroatoms. The largest absolute Gasteiger partial charge is 0.488 e. The summed E-state index contributed by atoms with van der Waals surface area (Å²) in [6, 6.07) is 9.09. The molecule has 1 aliphatic heterocycles. The number of rotatable bonds is 6. The van der Waals surface area contributed by atoms with Crippen LogP contribution in [0.15, 0.2) is 30.3 Å². The Morgan fingerprint density at radius 3 is 2.79 bits per heavy atom. The second kappa shape index (κ2) is 7.66. The van der Waals surface area contributed by atoms with E-state index in [2.05, 4.69) is 5.32 Å². The minimum absolute atomic E-state index is 0.125. The van der Waals surface area contributed by atoms with Gasteiger partial charge in [-0.15, -0.1) is 0 Å². The lowest BCUT2D eigenvalue weighted by Gasteiger charge is -2.22. The Hall–Kier alpha value is -2.08. The molecule has 0 bridgehead atoms. The van der Waals surface area contributed by atoms with E-state index in [9.17, 15) is 14.7 Å². The number of benzene rings is 1. The van der Waals surface area contributed by atoms with Gasteiger partial charge < -0.3 is 20.1 Å². The van der Waals surface area contributed by atoms with Crippen molar-refractivity contribution in [2.75, 3.05) is 13.1 Å². The molecule has 0 radical (unpaired) electrons. The summed E-state index contributed by atoms with van der Waals surface area (Å²) in [7, 11) is 0. The third-order valence-corrected chi connectivity index (χ3v) is 4.71. The summed E-state index contributed by atoms with van der Waals surface area (Å²) in [5.74, 6) is 0.722. The molecular weight excluding hydrogens is 308 g/mol. The summed E-state index contributed by atoms with van der Waals surface area (Å²) in [5.41, 5.74) is 0. The number of hydrogen-bond donors (Lipinski definition) is 2. The van der Waals surface area contributed by atoms with Crippen molar-refractivity contribution in [2.24, 2.45) is 0 Å². The zero-order valence-electron chi connectivity index (χ0n) is 13.7. The third-order valence-electron chi connectivity index (χ3n) is 4.71. The fourth-order valence-electron chi connectivity index (χ4n) is 3.36. The van der Waals surface area contributed by atoms with E-state index >= 15 is 0 Å². The molecule has 24 heavy (non-hydrogen) atoms. The molecule has 1 saturated carbocycles. The van der Waals surface area contributed by atoms with Crippen molar-refractivity contribution in [1.82, 2.24) is 10.2 Å². The monoisotopic (exact) mass is 332 g/mol. The number of aliphatic hydroxyl groups excluding tert-OH is 1. The fourth-order valence-corrected chi connectivity index (χ4v) is 3.36. The molecule has 1 aromatic carbocycles. The number of amides is 2. The van der Waals surface area contributed by atoms with Crippen LogP contribution in [0, 0.1) is 0 Å². The van der Waals surface area contributed by atoms with Crippen LogP contribution < -0.4 is 10.1 Å². The Morgan fingerprint density at radius 2 is 2.08 bits per heavy atom. The highest BCUT2D eigenvalue weighted by Crippen LogP contribution is 2.25. The normalized spacial score (nSPS) is 26.6. The highest BCUT2D eigenvalue weighted by Gasteiger charge is 2.37. The van der Waals surface area contributed by atoms with Gasteiger partial charge in [-0.1, -0.05) is 18.2 Å². The fraction of sp³-hybridized carbons (Fsp3) is 0.556. The number of nitrogens with zero attached hydrogens (tertiary/aromatic N) is 1. The molecule has 0 aromatic heterocycles. The Balaban J connectivity index is 1.44. The standard InChI is InChI=1S/C18H24N2O4/c21-16(10-12-20-11-4-7-17(20)22)19-14-8-9-15(18(14)23)24-13-5-2-1-3-6-13/h1-3,5-6,14-15,18,23H,4,7-12H2,(H,19,21)/t14-,15-,18-/m1/s1. The molecule has 1 saturated heterocycles. The Morgan fingerprint density at radius 1 is 1.29 bits per heavy atom. The quantitative estimate of drug-likeness (QED) is 0.817. The van der Waals surface area contributed by atoms with Crippen LogP contribution in [-0.4, -0.2) is 53.2 Å². The van der Waals surface area contributed by atoms with E-state index in [-0.39, 0.29) is 30.4 Å². The lowest BCUT2D eigenvalue weighted by atomic mass is 10.2. The summed E-state index contributed by atoms with van der Waals surface area (Å²) in [6.07, 6.45) is 2.10. The number of carbonyl (C=O) groups excluding carboxylic acids is 2. The van der Waals surface area contributed by atoms with Crippen LogP contribution in [0.3, 0.4) is 0 Å². The first-order valence-corrected chi connectivity index (χ1v) is 8.60. The SMILES string of the molecule is O=C(CCN1CCCC1=O)N[C@@H]1CC[C@@H](Oc2ccccc2)[C@@H]1O. The summed E-state index contributed by atoms with van der Waals surface area (Å²) in [6.45, 7) is 1.20. The third kappa shape index (κ3) is 4.06. The van der Waals surface area contributed by atoms with E-state index in [0.717, 1.165) is 18.7 Å². The van der Waals surface area contributed by atoms with Crippen molar-refractivity contribution < 1.29 is 19.4 Å². The maximum absolute atomic E-state index is 12.1. The van der Waals surface area contributed by atoms with Crippen molar-refractivity contribution in [1.29, 1.82) is 0 Å². The van der Waals surface area contributed by atoms with Crippen LogP contribution in [-0.2, 0) is 9.59 Å². The second-order valence-corrected chi connectivity index (χ2v) is 6.45. The highest BCUT2D eigenvalue weighted by molar-refractivity contribution is 5.80. The summed E-state index contributed by atoms with van der Waals surface area (Å²) in [5, 5.41) is 13.3. The first-order valence-electron chi connectivity index (χ1n) is 8.60. The number of aliphatic hydroxyl groups is 1. The maximum Gasteiger partial charge on any atom is 0.222 e. The van der Waals surface area contributed by atoms with E-state index in [4.69, 9.17) is 4.74 Å². The van der Waals surface area contributed by atoms with Crippen LogP contribution >= 0.6 is 0 Å². The van der Waals surface area contributed by atoms with Gasteiger partial charge in [-0.25, -0.2) is 0 Å². The van der Waals surface area contributed by atoms with Gasteiger partial charge in [0.15, 0.2) is 0 Å². The minimum atomic E-state index is -0.720. The number of ether oxygens (including phenoxy) is 1. The van der Waals surface area contributed by atoms with Gasteiger partial charge >= 0.3 is 0 Å². The predicted molar refractivity (Wildman–Crippen MR) is 88.5 cm³/mol. The van der Waals surface area contributed by atoms with Gasteiger partial charge in [-0.05, 0) is 31.4 Å². The number of nitrogens with one attached hydrogen (secondary N) is 1. The Bertz CT molecular complexity index is 578. The predicted octanol–water partition coefficient (Wildman–Crippen LogP) is 1.09. The molecule has 1 heterocycles. The van der Waals surface area contributed by atoms with E-state index in [0.29, 0.717) is 25.8 Å². The molecule has 1 aliphatic carbocycles. The average Bonchev–Trinajstić information content (AvgIpc) is 3.14. The molecule has 2 aliphatic rings. The van der Waals surface area contributed by atoms with Crippen LogP contribution in [0.4, 0.5) is 0 Å². The first kappa shape index (κ1) is 16.8. The second-order valence-electron chi connectivity index (χ2n) is 6.45. The maximum atomic E-state index is 12.1. The van der Waals surface area contributed by atoms with Crippen LogP contribution in [0.2, 0.25) is 0 Å². The lowest BCUT2D eigenvalue weighted by Crippen LogP contribution is -2.45. The Kier molecular flexibility index (Phi) is 5.35. The smallest absolute Gasteiger partial charge is 0.222 e. The number of hydrogen-bond acceptors (Lipinski definition) is 4. The molecule has 2 amide bonds. The molecule has 6 nitrogen and oxygen atoms in total. The van der Waals surface area contributed by atoms with Gasteiger partial charge in [0.1, 0.15) is 18.0 Å². The van der Waals surface area contributed by atoms with Gasteiger partial charge in [-0.3, -0.25) is 9.59 Å². The van der Waals surface area contributed by atoms with Gasteiger partial charge in [0.2, 0.25) is 11.8 Å². The summed E-state index contributed by atoms with van der Waals surface area (Å²) >= 11 is 0. The van der Waals surface area contributed by atoms with E-state index < -0.39 is 6.10 Å². The van der Waals surface area contributed by atoms with Crippen LogP contribution in [0.25, 0.3) is 0 Å². The minimum Gasteiger partial charge on any atom is -0.488 e. The zero-order valence-corrected chi connectivity index (χ0v) is 13.7. The molecule has 0 spiro atoms. The molecule has 2 fully saturated rings. The highest BCUT2D eigenvalue weighted by atomic mass is 16.5. The molecule has 3 atom stereocenters. The molecule has 1 aromatic rings. The van der Waals surface area contributed by atoms with Crippen molar-refractivity contribution in [2.45, 2.75) is 50.4 Å². The molecule has 2 N–H and O–H groups in total. The van der Waals surface area contributed by atoms with Crippen LogP contribution in [0.1, 0.15) is 32.1 Å². The van der Waals surface area contributed by atoms with E-state index in [1.54, 1.807) is 4.90 Å². The average molecular weight is 332 g/mol. The van der Waals surface area contributed by atoms with Gasteiger partial charge in [-0.2, -0.15) is 0 Å². The zero-order chi connectivity index (χ0) is 16.9. The lowest BCUT2D eigenvalue weighted by molar-refractivity contribution is -0.128. The topological polar surface area (TPSA) is 78.9 Å². The Labute approximate surface area is 141 Å². The summed E-state index contributed by atoms with van der Waals surface area (Å²) in [4.78, 5) is 25.3. The van der Waals surface area contributed by atoms with Crippen LogP contribution in [0.5, 0.6) is 5.75 Å². The van der Waals surface area contributed by atoms with Gasteiger partial charge in [0.25, 0.3) is 0 Å². The van der Waals surface area contributed by atoms with Gasteiger partial charge in [0.05, 0.1) is 6.04 Å². The number of likely N-dealkylation sites (tertiary alicyclic amines) is 1. The molecular formula is C18H24N2O4. The van der Waals surface area contributed by atoms with Crippen molar-refractivity contribution in [3.8, 4) is 5.75 Å². The van der Waals surface area contributed by atoms with Crippen molar-refractivity contribution >= 4 is 11.8 Å². The van der Waals surface area contributed by atoms with E-state index in [1.807, 2.05) is 30.3 Å². The summed E-state index contributed by atoms with van der Waals surface area (Å²) < 4.78 is 5.80. The van der Waals surface area contributed by atoms with Gasteiger partial charge in [0, 0.05) is 25.9 Å². The first-order chi connectivity index (χ1) is 11.6. The molecule has 3 rings (SSSR count). The number of para-hydroxylation sites is 1. The van der Waals surface area contributed by atoms with E-state index in [1.165, 1.54) is 0 Å². The molecule has 130 valence electrons. The number of carbonyl (C=O) groups is 2.